The van der Waals surface area contributed by atoms with Crippen molar-refractivity contribution >= 4 is 34.8 Å². The Bertz CT molecular complexity index is 751. The molecule has 0 spiro atoms. The molecular formula is C16H13ClF2N2O3. The minimum absolute atomic E-state index is 0.0377. The van der Waals surface area contributed by atoms with Gasteiger partial charge in [0.05, 0.1) is 10.7 Å². The number of carbonyl (C=O) groups is 2. The number of anilines is 2. The molecule has 0 atom stereocenters. The lowest BCUT2D eigenvalue weighted by molar-refractivity contribution is -0.114. The summed E-state index contributed by atoms with van der Waals surface area (Å²) in [6.45, 7) is -1.57. The first-order chi connectivity index (χ1) is 11.3. The zero-order valence-corrected chi connectivity index (χ0v) is 13.2. The summed E-state index contributed by atoms with van der Waals surface area (Å²) in [6, 6.07) is 9.88. The third-order valence-electron chi connectivity index (χ3n) is 2.88. The minimum Gasteiger partial charge on any atom is -0.435 e. The number of nitrogens with one attached hydrogen (secondary N) is 2. The highest BCUT2D eigenvalue weighted by atomic mass is 35.5. The number of carbonyl (C=O) groups excluding carboxylic acids is 2. The van der Waals surface area contributed by atoms with Crippen molar-refractivity contribution in [2.24, 2.45) is 0 Å². The molecular weight excluding hydrogens is 342 g/mol. The van der Waals surface area contributed by atoms with Gasteiger partial charge in [-0.2, -0.15) is 8.78 Å². The predicted octanol–water partition coefficient (Wildman–Crippen LogP) is 4.15. The first-order valence-corrected chi connectivity index (χ1v) is 7.16. The lowest BCUT2D eigenvalue weighted by atomic mass is 10.2. The van der Waals surface area contributed by atoms with Gasteiger partial charge < -0.3 is 15.4 Å². The number of rotatable bonds is 5. The largest absolute Gasteiger partial charge is 0.435 e. The van der Waals surface area contributed by atoms with Crippen molar-refractivity contribution in [1.82, 2.24) is 0 Å². The van der Waals surface area contributed by atoms with Crippen LogP contribution in [0.3, 0.4) is 0 Å². The number of hydrogen-bond acceptors (Lipinski definition) is 3. The molecule has 24 heavy (non-hydrogen) atoms. The van der Waals surface area contributed by atoms with Crippen LogP contribution in [0.25, 0.3) is 0 Å². The Labute approximate surface area is 141 Å². The molecule has 0 saturated carbocycles. The molecule has 0 saturated heterocycles. The molecule has 126 valence electrons. The quantitative estimate of drug-likeness (QED) is 0.847. The third kappa shape index (κ3) is 4.92. The van der Waals surface area contributed by atoms with Gasteiger partial charge in [-0.25, -0.2) is 0 Å². The van der Waals surface area contributed by atoms with Crippen LogP contribution in [0.15, 0.2) is 42.5 Å². The molecule has 0 aliphatic carbocycles. The second-order valence-electron chi connectivity index (χ2n) is 4.73. The van der Waals surface area contributed by atoms with Gasteiger partial charge in [0.25, 0.3) is 5.91 Å². The van der Waals surface area contributed by atoms with Gasteiger partial charge in [-0.1, -0.05) is 11.6 Å². The van der Waals surface area contributed by atoms with E-state index in [-0.39, 0.29) is 22.2 Å². The molecule has 2 N–H and O–H groups in total. The molecule has 0 bridgehead atoms. The average Bonchev–Trinajstić information content (AvgIpc) is 2.49. The highest BCUT2D eigenvalue weighted by molar-refractivity contribution is 6.34. The van der Waals surface area contributed by atoms with Gasteiger partial charge in [0.15, 0.2) is 0 Å². The van der Waals surface area contributed by atoms with Crippen molar-refractivity contribution in [2.45, 2.75) is 13.5 Å². The van der Waals surface area contributed by atoms with Crippen LogP contribution in [0.4, 0.5) is 20.2 Å². The minimum atomic E-state index is -2.92. The molecule has 0 aliphatic rings. The van der Waals surface area contributed by atoms with Crippen LogP contribution in [-0.4, -0.2) is 18.4 Å². The van der Waals surface area contributed by atoms with E-state index in [0.717, 1.165) is 0 Å². The summed E-state index contributed by atoms with van der Waals surface area (Å²) in [5.41, 5.74) is 1.11. The zero-order valence-electron chi connectivity index (χ0n) is 12.5. The summed E-state index contributed by atoms with van der Waals surface area (Å²) in [7, 11) is 0. The summed E-state index contributed by atoms with van der Waals surface area (Å²) in [5, 5.41) is 5.43. The first kappa shape index (κ1) is 17.7. The van der Waals surface area contributed by atoms with Crippen molar-refractivity contribution in [3.63, 3.8) is 0 Å². The molecule has 2 aromatic carbocycles. The number of alkyl halides is 2. The van der Waals surface area contributed by atoms with E-state index in [2.05, 4.69) is 15.4 Å². The van der Waals surface area contributed by atoms with Gasteiger partial charge in [0.2, 0.25) is 5.91 Å². The monoisotopic (exact) mass is 354 g/mol. The smallest absolute Gasteiger partial charge is 0.387 e. The maximum atomic E-state index is 12.1. The van der Waals surface area contributed by atoms with Crippen LogP contribution >= 0.6 is 11.6 Å². The highest BCUT2D eigenvalue weighted by Gasteiger charge is 2.10. The van der Waals surface area contributed by atoms with Crippen LogP contribution in [0.5, 0.6) is 5.75 Å². The van der Waals surface area contributed by atoms with Gasteiger partial charge in [0, 0.05) is 18.2 Å². The standard InChI is InChI=1S/C16H13ClF2N2O3/c1-9(22)20-14-7-4-11(8-13(14)17)21-15(23)10-2-5-12(6-3-10)24-16(18)19/h2-8,16H,1H3,(H,20,22)(H,21,23). The van der Waals surface area contributed by atoms with Gasteiger partial charge >= 0.3 is 6.61 Å². The van der Waals surface area contributed by atoms with Gasteiger partial charge in [-0.05, 0) is 42.5 Å². The van der Waals surface area contributed by atoms with Crippen LogP contribution in [0, 0.1) is 0 Å². The number of halogens is 3. The van der Waals surface area contributed by atoms with Crippen LogP contribution in [0.2, 0.25) is 5.02 Å². The van der Waals surface area contributed by atoms with E-state index in [0.29, 0.717) is 11.4 Å². The van der Waals surface area contributed by atoms with Gasteiger partial charge in [-0.3, -0.25) is 9.59 Å². The third-order valence-corrected chi connectivity index (χ3v) is 3.19. The topological polar surface area (TPSA) is 67.4 Å². The molecule has 0 fully saturated rings. The Hall–Kier alpha value is -2.67. The summed E-state index contributed by atoms with van der Waals surface area (Å²) in [6.07, 6.45) is 0. The molecule has 0 heterocycles. The Balaban J connectivity index is 2.06. The molecule has 2 rings (SSSR count). The Morgan fingerprint density at radius 1 is 1.08 bits per heavy atom. The second kappa shape index (κ2) is 7.74. The molecule has 0 unspecified atom stereocenters. The number of amides is 2. The average molecular weight is 355 g/mol. The van der Waals surface area contributed by atoms with E-state index in [1.807, 2.05) is 0 Å². The molecule has 5 nitrogen and oxygen atoms in total. The Morgan fingerprint density at radius 2 is 1.75 bits per heavy atom. The summed E-state index contributed by atoms with van der Waals surface area (Å²) in [4.78, 5) is 23.1. The van der Waals surface area contributed by atoms with Crippen molar-refractivity contribution in [3.8, 4) is 5.75 Å². The fourth-order valence-corrected chi connectivity index (χ4v) is 2.10. The van der Waals surface area contributed by atoms with Crippen LogP contribution < -0.4 is 15.4 Å². The molecule has 2 amide bonds. The fourth-order valence-electron chi connectivity index (χ4n) is 1.87. The molecule has 2 aromatic rings. The zero-order chi connectivity index (χ0) is 17.7. The van der Waals surface area contributed by atoms with Crippen molar-refractivity contribution < 1.29 is 23.1 Å². The second-order valence-corrected chi connectivity index (χ2v) is 5.14. The first-order valence-electron chi connectivity index (χ1n) is 6.78. The number of ether oxygens (including phenoxy) is 1. The van der Waals surface area contributed by atoms with E-state index in [4.69, 9.17) is 11.6 Å². The SMILES string of the molecule is CC(=O)Nc1ccc(NC(=O)c2ccc(OC(F)F)cc2)cc1Cl. The Morgan fingerprint density at radius 3 is 2.29 bits per heavy atom. The summed E-state index contributed by atoms with van der Waals surface area (Å²) in [5.74, 6) is -0.744. The van der Waals surface area contributed by atoms with Crippen LogP contribution in [-0.2, 0) is 4.79 Å². The molecule has 0 aromatic heterocycles. The summed E-state index contributed by atoms with van der Waals surface area (Å²) >= 11 is 6.02. The predicted molar refractivity (Wildman–Crippen MR) is 86.8 cm³/mol. The lowest BCUT2D eigenvalue weighted by Gasteiger charge is -2.10. The van der Waals surface area contributed by atoms with E-state index < -0.39 is 12.5 Å². The van der Waals surface area contributed by atoms with Crippen molar-refractivity contribution in [2.75, 3.05) is 10.6 Å². The number of hydrogen-bond donors (Lipinski definition) is 2. The van der Waals surface area contributed by atoms with Crippen molar-refractivity contribution in [3.05, 3.63) is 53.1 Å². The van der Waals surface area contributed by atoms with E-state index in [1.54, 1.807) is 12.1 Å². The van der Waals surface area contributed by atoms with Crippen molar-refractivity contribution in [1.29, 1.82) is 0 Å². The maximum absolute atomic E-state index is 12.1. The van der Waals surface area contributed by atoms with E-state index >= 15 is 0 Å². The molecule has 8 heteroatoms. The van der Waals surface area contributed by atoms with E-state index in [1.165, 1.54) is 37.3 Å². The molecule has 0 aliphatic heterocycles. The van der Waals surface area contributed by atoms with Crippen LogP contribution in [0.1, 0.15) is 17.3 Å². The van der Waals surface area contributed by atoms with Gasteiger partial charge in [0.1, 0.15) is 5.75 Å². The summed E-state index contributed by atoms with van der Waals surface area (Å²) < 4.78 is 28.4. The van der Waals surface area contributed by atoms with Gasteiger partial charge in [-0.15, -0.1) is 0 Å². The normalized spacial score (nSPS) is 10.4. The molecule has 0 radical (unpaired) electrons. The van der Waals surface area contributed by atoms with E-state index in [9.17, 15) is 18.4 Å². The highest BCUT2D eigenvalue weighted by Crippen LogP contribution is 2.26. The lowest BCUT2D eigenvalue weighted by Crippen LogP contribution is -2.12. The maximum Gasteiger partial charge on any atom is 0.387 e. The fraction of sp³-hybridized carbons (Fsp3) is 0.125. The Kier molecular flexibility index (Phi) is 5.70. The number of benzene rings is 2.